The first-order chi connectivity index (χ1) is 13.5. The van der Waals surface area contributed by atoms with Gasteiger partial charge in [0.1, 0.15) is 17.3 Å². The van der Waals surface area contributed by atoms with Crippen molar-refractivity contribution < 1.29 is 19.1 Å². The molecule has 0 heterocycles. The van der Waals surface area contributed by atoms with Crippen LogP contribution >= 0.6 is 0 Å². The molecule has 2 aromatic carbocycles. The third-order valence-corrected chi connectivity index (χ3v) is 5.65. The monoisotopic (exact) mass is 379 g/mol. The number of carbonyl (C=O) groups is 3. The zero-order valence-corrected chi connectivity index (χ0v) is 16.2. The maximum Gasteiger partial charge on any atom is 0.255 e. The molecule has 1 aliphatic carbocycles. The Bertz CT molecular complexity index is 877. The first-order valence-corrected chi connectivity index (χ1v) is 9.47. The summed E-state index contributed by atoms with van der Waals surface area (Å²) in [5.74, 6) is -0.452. The van der Waals surface area contributed by atoms with Crippen molar-refractivity contribution in [3.05, 3.63) is 65.7 Å². The van der Waals surface area contributed by atoms with Crippen molar-refractivity contribution in [1.29, 1.82) is 0 Å². The summed E-state index contributed by atoms with van der Waals surface area (Å²) in [5.41, 5.74) is 1.04. The van der Waals surface area contributed by atoms with Gasteiger partial charge in [0.15, 0.2) is 0 Å². The molecular formula is C23H25NO4. The summed E-state index contributed by atoms with van der Waals surface area (Å²) in [7, 11) is 1.53. The van der Waals surface area contributed by atoms with E-state index in [1.165, 1.54) is 14.0 Å². The lowest BCUT2D eigenvalue weighted by Gasteiger charge is -2.40. The second kappa shape index (κ2) is 8.38. The Labute approximate surface area is 165 Å². The molecule has 0 radical (unpaired) electrons. The average Bonchev–Trinajstić information content (AvgIpc) is 2.73. The van der Waals surface area contributed by atoms with Crippen LogP contribution in [0.1, 0.15) is 42.1 Å². The van der Waals surface area contributed by atoms with Gasteiger partial charge in [0, 0.05) is 18.4 Å². The Kier molecular flexibility index (Phi) is 5.93. The van der Waals surface area contributed by atoms with Gasteiger partial charge in [-0.3, -0.25) is 14.4 Å². The van der Waals surface area contributed by atoms with E-state index in [4.69, 9.17) is 4.74 Å². The number of hydrogen-bond acceptors (Lipinski definition) is 4. The summed E-state index contributed by atoms with van der Waals surface area (Å²) in [6.45, 7) is 1.82. The summed E-state index contributed by atoms with van der Waals surface area (Å²) >= 11 is 0. The molecule has 1 saturated carbocycles. The van der Waals surface area contributed by atoms with Crippen LogP contribution in [0.5, 0.6) is 5.75 Å². The van der Waals surface area contributed by atoms with Gasteiger partial charge in [0.2, 0.25) is 0 Å². The molecule has 28 heavy (non-hydrogen) atoms. The summed E-state index contributed by atoms with van der Waals surface area (Å²) < 4.78 is 5.28. The van der Waals surface area contributed by atoms with Crippen molar-refractivity contribution in [2.75, 3.05) is 13.7 Å². The molecule has 0 spiro atoms. The molecule has 0 aromatic heterocycles. The summed E-state index contributed by atoms with van der Waals surface area (Å²) in [4.78, 5) is 37.1. The molecule has 5 nitrogen and oxygen atoms in total. The number of para-hydroxylation sites is 1. The fourth-order valence-corrected chi connectivity index (χ4v) is 4.01. The Morgan fingerprint density at radius 2 is 1.79 bits per heavy atom. The largest absolute Gasteiger partial charge is 0.496 e. The van der Waals surface area contributed by atoms with Crippen LogP contribution in [0.15, 0.2) is 54.6 Å². The topological polar surface area (TPSA) is 72.5 Å². The van der Waals surface area contributed by atoms with E-state index in [1.54, 1.807) is 18.2 Å². The fourth-order valence-electron chi connectivity index (χ4n) is 4.01. The van der Waals surface area contributed by atoms with E-state index in [9.17, 15) is 14.4 Å². The van der Waals surface area contributed by atoms with E-state index >= 15 is 0 Å². The van der Waals surface area contributed by atoms with Gasteiger partial charge in [-0.15, -0.1) is 0 Å². The minimum atomic E-state index is -0.614. The maximum atomic E-state index is 12.8. The van der Waals surface area contributed by atoms with E-state index in [0.717, 1.165) is 5.56 Å². The van der Waals surface area contributed by atoms with Crippen LogP contribution in [0, 0.1) is 5.92 Å². The zero-order chi connectivity index (χ0) is 20.1. The highest BCUT2D eigenvalue weighted by atomic mass is 16.5. The molecule has 2 atom stereocenters. The van der Waals surface area contributed by atoms with Crippen LogP contribution in [0.2, 0.25) is 0 Å². The van der Waals surface area contributed by atoms with Gasteiger partial charge in [0.05, 0.1) is 18.6 Å². The Balaban J connectivity index is 1.88. The Morgan fingerprint density at radius 3 is 2.46 bits per heavy atom. The number of amides is 1. The molecule has 5 heteroatoms. The lowest BCUT2D eigenvalue weighted by molar-refractivity contribution is -0.134. The minimum absolute atomic E-state index is 0.00453. The van der Waals surface area contributed by atoms with Crippen LogP contribution < -0.4 is 10.1 Å². The van der Waals surface area contributed by atoms with Gasteiger partial charge < -0.3 is 10.1 Å². The van der Waals surface area contributed by atoms with Crippen LogP contribution in [0.25, 0.3) is 0 Å². The first kappa shape index (κ1) is 19.8. The van der Waals surface area contributed by atoms with Gasteiger partial charge in [-0.05, 0) is 37.5 Å². The van der Waals surface area contributed by atoms with Gasteiger partial charge in [-0.25, -0.2) is 0 Å². The molecule has 3 rings (SSSR count). The highest BCUT2D eigenvalue weighted by molar-refractivity contribution is 6.02. The van der Waals surface area contributed by atoms with Crippen LogP contribution in [-0.2, 0) is 15.0 Å². The Hall–Kier alpha value is -2.95. The molecular weight excluding hydrogens is 354 g/mol. The average molecular weight is 379 g/mol. The number of rotatable bonds is 6. The number of ether oxygens (including phenoxy) is 1. The van der Waals surface area contributed by atoms with Gasteiger partial charge in [-0.1, -0.05) is 42.5 Å². The number of Topliss-reactive ketones (excluding diaryl/α,β-unsaturated/α-hetero) is 2. The third-order valence-electron chi connectivity index (χ3n) is 5.65. The van der Waals surface area contributed by atoms with Crippen molar-refractivity contribution in [1.82, 2.24) is 5.32 Å². The van der Waals surface area contributed by atoms with Crippen molar-refractivity contribution >= 4 is 17.5 Å². The highest BCUT2D eigenvalue weighted by Gasteiger charge is 2.43. The van der Waals surface area contributed by atoms with E-state index in [1.807, 2.05) is 36.4 Å². The molecule has 1 amide bonds. The summed E-state index contributed by atoms with van der Waals surface area (Å²) in [6, 6.07) is 16.9. The standard InChI is InChI=1S/C23H25NO4/c1-16(25)19-14-23(13-12-20(19)26,17-8-4-3-5-9-17)15-24-22(27)18-10-6-7-11-21(18)28-2/h3-11,19H,12-15H2,1-2H3,(H,24,27). The molecule has 2 aromatic rings. The van der Waals surface area contributed by atoms with Crippen LogP contribution in [0.4, 0.5) is 0 Å². The van der Waals surface area contributed by atoms with Crippen molar-refractivity contribution in [3.63, 3.8) is 0 Å². The lowest BCUT2D eigenvalue weighted by Crippen LogP contribution is -2.47. The molecule has 0 aliphatic heterocycles. The highest BCUT2D eigenvalue weighted by Crippen LogP contribution is 2.40. The second-order valence-electron chi connectivity index (χ2n) is 7.36. The molecule has 1 fully saturated rings. The third kappa shape index (κ3) is 3.98. The number of hydrogen-bond donors (Lipinski definition) is 1. The fraction of sp³-hybridized carbons (Fsp3) is 0.348. The van der Waals surface area contributed by atoms with Gasteiger partial charge in [-0.2, -0.15) is 0 Å². The normalized spacial score (nSPS) is 21.8. The molecule has 1 N–H and O–H groups in total. The predicted molar refractivity (Wildman–Crippen MR) is 106 cm³/mol. The quantitative estimate of drug-likeness (QED) is 0.782. The van der Waals surface area contributed by atoms with Gasteiger partial charge in [0.25, 0.3) is 5.91 Å². The second-order valence-corrected chi connectivity index (χ2v) is 7.36. The van der Waals surface area contributed by atoms with Crippen molar-refractivity contribution in [2.45, 2.75) is 31.6 Å². The van der Waals surface area contributed by atoms with Crippen LogP contribution in [-0.4, -0.2) is 31.1 Å². The molecule has 2 unspecified atom stereocenters. The number of nitrogens with one attached hydrogen (secondary N) is 1. The van der Waals surface area contributed by atoms with E-state index in [0.29, 0.717) is 37.1 Å². The first-order valence-electron chi connectivity index (χ1n) is 9.47. The van der Waals surface area contributed by atoms with Crippen LogP contribution in [0.3, 0.4) is 0 Å². The molecule has 1 aliphatic rings. The SMILES string of the molecule is COc1ccccc1C(=O)NCC1(c2ccccc2)CCC(=O)C(C(C)=O)C1. The van der Waals surface area contributed by atoms with Gasteiger partial charge >= 0.3 is 0 Å². The van der Waals surface area contributed by atoms with E-state index in [-0.39, 0.29) is 17.5 Å². The van der Waals surface area contributed by atoms with Crippen molar-refractivity contribution in [3.8, 4) is 5.75 Å². The number of ketones is 2. The summed E-state index contributed by atoms with van der Waals surface area (Å²) in [5, 5.41) is 3.02. The Morgan fingerprint density at radius 1 is 1.11 bits per heavy atom. The van der Waals surface area contributed by atoms with E-state index < -0.39 is 11.3 Å². The number of methoxy groups -OCH3 is 1. The molecule has 0 bridgehead atoms. The number of benzene rings is 2. The number of carbonyl (C=O) groups excluding carboxylic acids is 3. The smallest absolute Gasteiger partial charge is 0.255 e. The minimum Gasteiger partial charge on any atom is -0.496 e. The lowest BCUT2D eigenvalue weighted by atomic mass is 9.64. The van der Waals surface area contributed by atoms with Crippen molar-refractivity contribution in [2.24, 2.45) is 5.92 Å². The summed E-state index contributed by atoms with van der Waals surface area (Å²) in [6.07, 6.45) is 1.35. The maximum absolute atomic E-state index is 12.8. The zero-order valence-electron chi connectivity index (χ0n) is 16.2. The molecule has 0 saturated heterocycles. The predicted octanol–water partition coefficient (Wildman–Crippen LogP) is 3.32. The van der Waals surface area contributed by atoms with E-state index in [2.05, 4.69) is 5.32 Å². The molecule has 146 valence electrons.